The molecule has 148 valence electrons. The first kappa shape index (κ1) is 19.7. The van der Waals surface area contributed by atoms with E-state index in [4.69, 9.17) is 0 Å². The lowest BCUT2D eigenvalue weighted by Gasteiger charge is -2.41. The third-order valence-corrected chi connectivity index (χ3v) is 5.79. The van der Waals surface area contributed by atoms with Crippen molar-refractivity contribution in [2.24, 2.45) is 5.92 Å². The fourth-order valence-corrected chi connectivity index (χ4v) is 4.08. The van der Waals surface area contributed by atoms with Gasteiger partial charge in [0.2, 0.25) is 5.91 Å². The topological polar surface area (TPSA) is 72.9 Å². The van der Waals surface area contributed by atoms with Crippen LogP contribution in [-0.2, 0) is 4.79 Å². The average molecular weight is 373 g/mol. The molecule has 6 nitrogen and oxygen atoms in total. The highest BCUT2D eigenvalue weighted by molar-refractivity contribution is 6.01. The smallest absolute Gasteiger partial charge is 0.337 e. The molecule has 6 heteroatoms. The first-order valence-electron chi connectivity index (χ1n) is 10.1. The number of nitrogens with one attached hydrogen (secondary N) is 1. The highest BCUT2D eigenvalue weighted by atomic mass is 16.4. The summed E-state index contributed by atoms with van der Waals surface area (Å²) in [5.74, 6) is -1.39. The van der Waals surface area contributed by atoms with Crippen molar-refractivity contribution in [2.45, 2.75) is 52.0 Å². The molecule has 27 heavy (non-hydrogen) atoms. The number of anilines is 2. The summed E-state index contributed by atoms with van der Waals surface area (Å²) in [7, 11) is 0. The van der Waals surface area contributed by atoms with E-state index in [9.17, 15) is 14.7 Å². The molecule has 1 amide bonds. The maximum atomic E-state index is 11.9. The Hall–Kier alpha value is -2.08. The second kappa shape index (κ2) is 8.74. The van der Waals surface area contributed by atoms with Crippen LogP contribution in [0.4, 0.5) is 11.4 Å². The van der Waals surface area contributed by atoms with Crippen LogP contribution in [0.2, 0.25) is 0 Å². The number of rotatable bonds is 5. The van der Waals surface area contributed by atoms with Gasteiger partial charge in [0.05, 0.1) is 11.3 Å². The van der Waals surface area contributed by atoms with Crippen LogP contribution in [0.3, 0.4) is 0 Å². The van der Waals surface area contributed by atoms with Crippen LogP contribution in [0.5, 0.6) is 0 Å². The van der Waals surface area contributed by atoms with Crippen molar-refractivity contribution in [3.8, 4) is 0 Å². The van der Waals surface area contributed by atoms with E-state index in [0.29, 0.717) is 5.69 Å². The molecule has 0 spiro atoms. The zero-order valence-corrected chi connectivity index (χ0v) is 16.4. The van der Waals surface area contributed by atoms with Crippen LogP contribution >= 0.6 is 0 Å². The molecule has 0 aromatic heterocycles. The van der Waals surface area contributed by atoms with Crippen LogP contribution in [0.1, 0.15) is 56.3 Å². The minimum Gasteiger partial charge on any atom is -0.478 e. The SMILES string of the molecule is CC(C)C(=O)Nc1ccc(N2CCN(C3CCCCC3)CC2)cc1C(=O)O. The molecule has 1 aromatic carbocycles. The quantitative estimate of drug-likeness (QED) is 0.827. The molecule has 2 fully saturated rings. The van der Waals surface area contributed by atoms with Crippen molar-refractivity contribution in [3.05, 3.63) is 23.8 Å². The molecule has 0 unspecified atom stereocenters. The van der Waals surface area contributed by atoms with Crippen LogP contribution in [0.15, 0.2) is 18.2 Å². The van der Waals surface area contributed by atoms with Crippen LogP contribution < -0.4 is 10.2 Å². The van der Waals surface area contributed by atoms with E-state index < -0.39 is 5.97 Å². The highest BCUT2D eigenvalue weighted by Crippen LogP contribution is 2.27. The average Bonchev–Trinajstić information content (AvgIpc) is 2.69. The summed E-state index contributed by atoms with van der Waals surface area (Å²) < 4.78 is 0. The van der Waals surface area contributed by atoms with Crippen LogP contribution in [-0.4, -0.2) is 54.1 Å². The summed E-state index contributed by atoms with van der Waals surface area (Å²) >= 11 is 0. The van der Waals surface area contributed by atoms with E-state index in [1.807, 2.05) is 6.07 Å². The lowest BCUT2D eigenvalue weighted by atomic mass is 9.94. The van der Waals surface area contributed by atoms with E-state index in [-0.39, 0.29) is 17.4 Å². The van der Waals surface area contributed by atoms with E-state index in [1.54, 1.807) is 26.0 Å². The molecule has 1 saturated carbocycles. The number of hydrogen-bond donors (Lipinski definition) is 2. The standard InChI is InChI=1S/C21H31N3O3/c1-15(2)20(25)22-19-9-8-17(14-18(19)21(26)27)24-12-10-23(11-13-24)16-6-4-3-5-7-16/h8-9,14-16H,3-7,10-13H2,1-2H3,(H,22,25)(H,26,27). The lowest BCUT2D eigenvalue weighted by Crippen LogP contribution is -2.50. The predicted molar refractivity (Wildman–Crippen MR) is 108 cm³/mol. The van der Waals surface area contributed by atoms with E-state index >= 15 is 0 Å². The van der Waals surface area contributed by atoms with Gasteiger partial charge in [-0.2, -0.15) is 0 Å². The largest absolute Gasteiger partial charge is 0.478 e. The molecule has 0 radical (unpaired) electrons. The van der Waals surface area contributed by atoms with E-state index in [2.05, 4.69) is 15.1 Å². The number of nitrogens with zero attached hydrogens (tertiary/aromatic N) is 2. The van der Waals surface area contributed by atoms with Crippen LogP contribution in [0, 0.1) is 5.92 Å². The molecular formula is C21H31N3O3. The Labute approximate surface area is 161 Å². The van der Waals surface area contributed by atoms with Crippen LogP contribution in [0.25, 0.3) is 0 Å². The number of carbonyl (C=O) groups is 2. The fraction of sp³-hybridized carbons (Fsp3) is 0.619. The number of hydrogen-bond acceptors (Lipinski definition) is 4. The Kier molecular flexibility index (Phi) is 6.37. The second-order valence-electron chi connectivity index (χ2n) is 7.99. The number of benzene rings is 1. The molecule has 1 aliphatic carbocycles. The van der Waals surface area contributed by atoms with E-state index in [0.717, 1.165) is 37.9 Å². The van der Waals surface area contributed by atoms with Crippen molar-refractivity contribution in [3.63, 3.8) is 0 Å². The summed E-state index contributed by atoms with van der Waals surface area (Å²) in [5, 5.41) is 12.3. The highest BCUT2D eigenvalue weighted by Gasteiger charge is 2.26. The number of carbonyl (C=O) groups excluding carboxylic acids is 1. The summed E-state index contributed by atoms with van der Waals surface area (Å²) in [4.78, 5) is 28.5. The van der Waals surface area contributed by atoms with Crippen molar-refractivity contribution in [1.29, 1.82) is 0 Å². The second-order valence-corrected chi connectivity index (χ2v) is 7.99. The number of piperazine rings is 1. The Balaban J connectivity index is 1.67. The maximum absolute atomic E-state index is 11.9. The minimum atomic E-state index is -1.02. The zero-order chi connectivity index (χ0) is 19.4. The monoisotopic (exact) mass is 373 g/mol. The van der Waals surface area contributed by atoms with Crippen molar-refractivity contribution in [1.82, 2.24) is 4.90 Å². The first-order valence-corrected chi connectivity index (χ1v) is 10.1. The Bertz CT molecular complexity index is 675. The van der Waals surface area contributed by atoms with Gasteiger partial charge in [0.25, 0.3) is 0 Å². The van der Waals surface area contributed by atoms with Gasteiger partial charge < -0.3 is 15.3 Å². The van der Waals surface area contributed by atoms with Gasteiger partial charge in [-0.25, -0.2) is 4.79 Å². The van der Waals surface area contributed by atoms with Gasteiger partial charge in [-0.15, -0.1) is 0 Å². The maximum Gasteiger partial charge on any atom is 0.337 e. The zero-order valence-electron chi connectivity index (χ0n) is 16.4. The molecule has 2 N–H and O–H groups in total. The molecule has 1 aromatic rings. The molecule has 1 saturated heterocycles. The first-order chi connectivity index (χ1) is 13.0. The lowest BCUT2D eigenvalue weighted by molar-refractivity contribution is -0.118. The number of aromatic carboxylic acids is 1. The van der Waals surface area contributed by atoms with Gasteiger partial charge in [0, 0.05) is 43.8 Å². The molecule has 3 rings (SSSR count). The Morgan fingerprint density at radius 3 is 2.33 bits per heavy atom. The van der Waals surface area contributed by atoms with Crippen molar-refractivity contribution in [2.75, 3.05) is 36.4 Å². The third-order valence-electron chi connectivity index (χ3n) is 5.79. The van der Waals surface area contributed by atoms with Gasteiger partial charge in [-0.1, -0.05) is 33.1 Å². The van der Waals surface area contributed by atoms with Gasteiger partial charge in [-0.05, 0) is 31.0 Å². The minimum absolute atomic E-state index is 0.149. The molecule has 0 atom stereocenters. The molecule has 1 heterocycles. The Morgan fingerprint density at radius 1 is 1.07 bits per heavy atom. The molecular weight excluding hydrogens is 342 g/mol. The third kappa shape index (κ3) is 4.80. The van der Waals surface area contributed by atoms with E-state index in [1.165, 1.54) is 32.1 Å². The normalized spacial score (nSPS) is 19.3. The summed E-state index contributed by atoms with van der Waals surface area (Å²) in [5.41, 5.74) is 1.43. The van der Waals surface area contributed by atoms with Crippen molar-refractivity contribution < 1.29 is 14.7 Å². The summed E-state index contributed by atoms with van der Waals surface area (Å²) in [6.07, 6.45) is 6.68. The van der Waals surface area contributed by atoms with Gasteiger partial charge in [0.1, 0.15) is 0 Å². The van der Waals surface area contributed by atoms with Gasteiger partial charge in [-0.3, -0.25) is 9.69 Å². The Morgan fingerprint density at radius 2 is 1.74 bits per heavy atom. The van der Waals surface area contributed by atoms with Gasteiger partial charge >= 0.3 is 5.97 Å². The van der Waals surface area contributed by atoms with Gasteiger partial charge in [0.15, 0.2) is 0 Å². The number of amides is 1. The molecule has 2 aliphatic rings. The molecule has 0 bridgehead atoms. The summed E-state index contributed by atoms with van der Waals surface area (Å²) in [6.45, 7) is 7.45. The fourth-order valence-electron chi connectivity index (χ4n) is 4.08. The molecule has 1 aliphatic heterocycles. The number of carboxylic acid groups (broad SMARTS) is 1. The van der Waals surface area contributed by atoms with Crippen molar-refractivity contribution >= 4 is 23.3 Å². The number of carboxylic acids is 1. The summed E-state index contributed by atoms with van der Waals surface area (Å²) in [6, 6.07) is 6.05. The predicted octanol–water partition coefficient (Wildman–Crippen LogP) is 3.43.